The van der Waals surface area contributed by atoms with Gasteiger partial charge in [-0.1, -0.05) is 54.4 Å². The van der Waals surface area contributed by atoms with E-state index in [-0.39, 0.29) is 0 Å². The van der Waals surface area contributed by atoms with Gasteiger partial charge in [-0.05, 0) is 96.7 Å². The molecule has 0 N–H and O–H groups in total. The lowest BCUT2D eigenvalue weighted by Gasteiger charge is -2.66. The average Bonchev–Trinajstić information content (AvgIpc) is 2.97. The molecule has 4 aliphatic rings. The first-order chi connectivity index (χ1) is 11.3. The maximum absolute atomic E-state index is 2.76. The average molecular weight is 331 g/mol. The molecule has 9 unspecified atom stereocenters. The van der Waals surface area contributed by atoms with Crippen LogP contribution in [0.5, 0.6) is 0 Å². The van der Waals surface area contributed by atoms with Crippen LogP contribution in [0.4, 0.5) is 0 Å². The highest BCUT2D eigenvalue weighted by atomic mass is 14.7. The highest BCUT2D eigenvalue weighted by Gasteiger charge is 2.64. The second kappa shape index (κ2) is 5.75. The van der Waals surface area contributed by atoms with Gasteiger partial charge in [-0.3, -0.25) is 0 Å². The lowest BCUT2D eigenvalue weighted by Crippen LogP contribution is -2.59. The standard InChI is InChI=1S/C24H42/c1-15(2)18-10-11-20-22(18)16(3)13-21-23(5)12-8-7-9-19(23)17(4)14-24(20,21)6/h15-22H,7-14H2,1-6H3. The van der Waals surface area contributed by atoms with Crippen molar-refractivity contribution in [1.29, 1.82) is 0 Å². The molecule has 0 nitrogen and oxygen atoms in total. The summed E-state index contributed by atoms with van der Waals surface area (Å²) in [5, 5.41) is 0. The zero-order chi connectivity index (χ0) is 17.3. The van der Waals surface area contributed by atoms with Crippen molar-refractivity contribution < 1.29 is 0 Å². The van der Waals surface area contributed by atoms with E-state index < -0.39 is 0 Å². The lowest BCUT2D eigenvalue weighted by molar-refractivity contribution is -0.177. The zero-order valence-corrected chi connectivity index (χ0v) is 17.3. The molecule has 4 saturated carbocycles. The molecular formula is C24H42. The molecule has 4 rings (SSSR count). The van der Waals surface area contributed by atoms with E-state index in [1.54, 1.807) is 12.8 Å². The zero-order valence-electron chi connectivity index (χ0n) is 17.3. The Labute approximate surface area is 151 Å². The van der Waals surface area contributed by atoms with Crippen LogP contribution in [0.15, 0.2) is 0 Å². The van der Waals surface area contributed by atoms with Crippen molar-refractivity contribution in [3.63, 3.8) is 0 Å². The maximum atomic E-state index is 2.76. The van der Waals surface area contributed by atoms with Crippen LogP contribution >= 0.6 is 0 Å². The highest BCUT2D eigenvalue weighted by molar-refractivity contribution is 5.12. The summed E-state index contributed by atoms with van der Waals surface area (Å²) in [5.74, 6) is 7.92. The molecule has 138 valence electrons. The van der Waals surface area contributed by atoms with E-state index in [2.05, 4.69) is 41.5 Å². The lowest BCUT2D eigenvalue weighted by atomic mass is 9.38. The van der Waals surface area contributed by atoms with Gasteiger partial charge in [0.25, 0.3) is 0 Å². The van der Waals surface area contributed by atoms with Crippen molar-refractivity contribution in [3.05, 3.63) is 0 Å². The summed E-state index contributed by atoms with van der Waals surface area (Å²) in [7, 11) is 0. The Balaban J connectivity index is 1.72. The molecule has 0 heterocycles. The molecule has 0 aliphatic heterocycles. The number of hydrogen-bond acceptors (Lipinski definition) is 0. The SMILES string of the molecule is CC(C)C1CCC2C1C(C)CC1C3(C)CCCCC3C(C)CC21C. The van der Waals surface area contributed by atoms with Gasteiger partial charge >= 0.3 is 0 Å². The minimum absolute atomic E-state index is 0.642. The van der Waals surface area contributed by atoms with Gasteiger partial charge in [0.1, 0.15) is 0 Å². The first kappa shape index (κ1) is 17.4. The van der Waals surface area contributed by atoms with E-state index in [0.29, 0.717) is 10.8 Å². The van der Waals surface area contributed by atoms with Crippen molar-refractivity contribution in [2.45, 2.75) is 92.9 Å². The molecule has 0 amide bonds. The molecule has 0 bridgehead atoms. The van der Waals surface area contributed by atoms with E-state index >= 15 is 0 Å². The second-order valence-corrected chi connectivity index (χ2v) is 11.5. The Morgan fingerprint density at radius 2 is 1.58 bits per heavy atom. The summed E-state index contributed by atoms with van der Waals surface area (Å²) in [5.41, 5.74) is 1.29. The summed E-state index contributed by atoms with van der Waals surface area (Å²) in [4.78, 5) is 0. The van der Waals surface area contributed by atoms with Crippen molar-refractivity contribution in [3.8, 4) is 0 Å². The molecule has 9 atom stereocenters. The van der Waals surface area contributed by atoms with Crippen LogP contribution in [0.25, 0.3) is 0 Å². The maximum Gasteiger partial charge on any atom is -0.0258 e. The number of fused-ring (bicyclic) bond motifs is 5. The molecule has 0 saturated heterocycles. The minimum atomic E-state index is 0.642. The second-order valence-electron chi connectivity index (χ2n) is 11.5. The monoisotopic (exact) mass is 330 g/mol. The van der Waals surface area contributed by atoms with Gasteiger partial charge in [-0.2, -0.15) is 0 Å². The van der Waals surface area contributed by atoms with Gasteiger partial charge in [0.15, 0.2) is 0 Å². The van der Waals surface area contributed by atoms with E-state index in [4.69, 9.17) is 0 Å². The fourth-order valence-corrected chi connectivity index (χ4v) is 9.38. The topological polar surface area (TPSA) is 0 Å². The van der Waals surface area contributed by atoms with Gasteiger partial charge in [0.2, 0.25) is 0 Å². The third-order valence-electron chi connectivity index (χ3n) is 10.1. The third kappa shape index (κ3) is 2.23. The smallest absolute Gasteiger partial charge is 0.0258 e. The Morgan fingerprint density at radius 3 is 2.29 bits per heavy atom. The van der Waals surface area contributed by atoms with Crippen LogP contribution in [-0.4, -0.2) is 0 Å². The summed E-state index contributed by atoms with van der Waals surface area (Å²) >= 11 is 0. The van der Waals surface area contributed by atoms with Crippen LogP contribution in [-0.2, 0) is 0 Å². The first-order valence-electron chi connectivity index (χ1n) is 11.3. The summed E-state index contributed by atoms with van der Waals surface area (Å²) < 4.78 is 0. The van der Waals surface area contributed by atoms with Gasteiger partial charge in [0, 0.05) is 0 Å². The molecule has 0 radical (unpaired) electrons. The Hall–Kier alpha value is 0. The van der Waals surface area contributed by atoms with Gasteiger partial charge in [-0.15, -0.1) is 0 Å². The fourth-order valence-electron chi connectivity index (χ4n) is 9.38. The van der Waals surface area contributed by atoms with Crippen molar-refractivity contribution in [2.75, 3.05) is 0 Å². The van der Waals surface area contributed by atoms with E-state index in [1.165, 1.54) is 38.5 Å². The van der Waals surface area contributed by atoms with E-state index in [1.807, 2.05) is 0 Å². The van der Waals surface area contributed by atoms with Gasteiger partial charge in [-0.25, -0.2) is 0 Å². The molecular weight excluding hydrogens is 288 g/mol. The Kier molecular flexibility index (Phi) is 4.17. The van der Waals surface area contributed by atoms with E-state index in [9.17, 15) is 0 Å². The predicted molar refractivity (Wildman–Crippen MR) is 104 cm³/mol. The molecule has 4 aliphatic carbocycles. The molecule has 0 spiro atoms. The van der Waals surface area contributed by atoms with Crippen LogP contribution in [0.2, 0.25) is 0 Å². The van der Waals surface area contributed by atoms with Crippen LogP contribution in [0.3, 0.4) is 0 Å². The molecule has 0 heteroatoms. The normalized spacial score (nSPS) is 57.4. The molecule has 24 heavy (non-hydrogen) atoms. The van der Waals surface area contributed by atoms with Crippen LogP contribution in [0, 0.1) is 58.2 Å². The Morgan fingerprint density at radius 1 is 0.833 bits per heavy atom. The summed E-state index contributed by atoms with van der Waals surface area (Å²) in [6.07, 6.45) is 12.2. The first-order valence-corrected chi connectivity index (χ1v) is 11.3. The van der Waals surface area contributed by atoms with E-state index in [0.717, 1.165) is 47.3 Å². The molecule has 0 aromatic carbocycles. The minimum Gasteiger partial charge on any atom is -0.0625 e. The highest BCUT2D eigenvalue weighted by Crippen LogP contribution is 2.71. The summed E-state index contributed by atoms with van der Waals surface area (Å²) in [6, 6.07) is 0. The van der Waals surface area contributed by atoms with Crippen molar-refractivity contribution in [2.24, 2.45) is 58.2 Å². The summed E-state index contributed by atoms with van der Waals surface area (Å²) in [6.45, 7) is 15.7. The quantitative estimate of drug-likeness (QED) is 0.477. The fraction of sp³-hybridized carbons (Fsp3) is 1.00. The number of rotatable bonds is 1. The Bertz CT molecular complexity index is 478. The third-order valence-corrected chi connectivity index (χ3v) is 10.1. The van der Waals surface area contributed by atoms with Crippen molar-refractivity contribution in [1.82, 2.24) is 0 Å². The van der Waals surface area contributed by atoms with Gasteiger partial charge in [0.05, 0.1) is 0 Å². The number of hydrogen-bond donors (Lipinski definition) is 0. The molecule has 0 aromatic rings. The predicted octanol–water partition coefficient (Wildman–Crippen LogP) is 7.18. The molecule has 4 fully saturated rings. The largest absolute Gasteiger partial charge is 0.0625 e. The van der Waals surface area contributed by atoms with Crippen LogP contribution < -0.4 is 0 Å². The van der Waals surface area contributed by atoms with Crippen molar-refractivity contribution >= 4 is 0 Å². The van der Waals surface area contributed by atoms with Gasteiger partial charge < -0.3 is 0 Å². The van der Waals surface area contributed by atoms with Crippen LogP contribution in [0.1, 0.15) is 92.9 Å². The molecule has 0 aromatic heterocycles.